The summed E-state index contributed by atoms with van der Waals surface area (Å²) in [5.74, 6) is -0.455. The maximum Gasteiger partial charge on any atom is 0.271 e. The standard InChI is InChI=1S/C13H15Cl2N3O3/c14-11-7-9(18(20)21)6-10(12(11)15)13(19)17-5-3-8-2-1-4-16-8/h6-8,16H,1-5H2,(H,17,19)/t8-/m0/s1. The fourth-order valence-corrected chi connectivity index (χ4v) is 2.71. The van der Waals surface area contributed by atoms with Gasteiger partial charge < -0.3 is 10.6 Å². The number of non-ortho nitro benzene ring substituents is 1. The Labute approximate surface area is 132 Å². The lowest BCUT2D eigenvalue weighted by Gasteiger charge is -2.11. The summed E-state index contributed by atoms with van der Waals surface area (Å²) in [6, 6.07) is 2.68. The summed E-state index contributed by atoms with van der Waals surface area (Å²) >= 11 is 11.8. The van der Waals surface area contributed by atoms with Gasteiger partial charge in [0.25, 0.3) is 11.6 Å². The lowest BCUT2D eigenvalue weighted by molar-refractivity contribution is -0.384. The van der Waals surface area contributed by atoms with Crippen LogP contribution in [0.25, 0.3) is 0 Å². The summed E-state index contributed by atoms with van der Waals surface area (Å²) < 4.78 is 0. The third-order valence-corrected chi connectivity index (χ3v) is 4.21. The van der Waals surface area contributed by atoms with E-state index >= 15 is 0 Å². The highest BCUT2D eigenvalue weighted by molar-refractivity contribution is 6.44. The summed E-state index contributed by atoms with van der Waals surface area (Å²) in [7, 11) is 0. The average molecular weight is 332 g/mol. The Kier molecular flexibility index (Phi) is 5.39. The van der Waals surface area contributed by atoms with Gasteiger partial charge in [-0.05, 0) is 25.8 Å². The molecule has 1 heterocycles. The van der Waals surface area contributed by atoms with E-state index in [0.717, 1.165) is 37.9 Å². The first kappa shape index (κ1) is 16.0. The number of halogens is 2. The van der Waals surface area contributed by atoms with E-state index in [0.29, 0.717) is 12.6 Å². The van der Waals surface area contributed by atoms with E-state index in [1.165, 1.54) is 0 Å². The van der Waals surface area contributed by atoms with E-state index in [4.69, 9.17) is 23.2 Å². The van der Waals surface area contributed by atoms with Crippen LogP contribution in [0.5, 0.6) is 0 Å². The van der Waals surface area contributed by atoms with E-state index in [-0.39, 0.29) is 21.3 Å². The first-order chi connectivity index (χ1) is 9.99. The van der Waals surface area contributed by atoms with Gasteiger partial charge in [-0.25, -0.2) is 0 Å². The number of hydrogen-bond donors (Lipinski definition) is 2. The lowest BCUT2D eigenvalue weighted by Crippen LogP contribution is -2.30. The summed E-state index contributed by atoms with van der Waals surface area (Å²) in [6.45, 7) is 1.48. The maximum atomic E-state index is 12.1. The predicted octanol–water partition coefficient (Wildman–Crippen LogP) is 2.77. The molecule has 6 nitrogen and oxygen atoms in total. The fourth-order valence-electron chi connectivity index (χ4n) is 2.30. The minimum absolute atomic E-state index is 0.00604. The van der Waals surface area contributed by atoms with Crippen LogP contribution in [0, 0.1) is 10.1 Å². The monoisotopic (exact) mass is 331 g/mol. The van der Waals surface area contributed by atoms with E-state index in [1.807, 2.05) is 0 Å². The highest BCUT2D eigenvalue weighted by Crippen LogP contribution is 2.30. The van der Waals surface area contributed by atoms with Crippen molar-refractivity contribution < 1.29 is 9.72 Å². The SMILES string of the molecule is O=C(NCC[C@@H]1CCCN1)c1cc([N+](=O)[O-])cc(Cl)c1Cl. The quantitative estimate of drug-likeness (QED) is 0.641. The molecule has 0 aromatic heterocycles. The van der Waals surface area contributed by atoms with Crippen molar-refractivity contribution in [2.24, 2.45) is 0 Å². The molecule has 0 radical (unpaired) electrons. The first-order valence-electron chi connectivity index (χ1n) is 6.64. The molecule has 1 aromatic rings. The van der Waals surface area contributed by atoms with Crippen LogP contribution >= 0.6 is 23.2 Å². The number of nitrogens with zero attached hydrogens (tertiary/aromatic N) is 1. The van der Waals surface area contributed by atoms with Gasteiger partial charge in [0.2, 0.25) is 0 Å². The van der Waals surface area contributed by atoms with Gasteiger partial charge in [-0.2, -0.15) is 0 Å². The van der Waals surface area contributed by atoms with Crippen molar-refractivity contribution in [2.45, 2.75) is 25.3 Å². The van der Waals surface area contributed by atoms with Crippen molar-refractivity contribution >= 4 is 34.8 Å². The lowest BCUT2D eigenvalue weighted by atomic mass is 10.1. The van der Waals surface area contributed by atoms with Gasteiger partial charge in [-0.1, -0.05) is 23.2 Å². The molecule has 1 fully saturated rings. The summed E-state index contributed by atoms with van der Waals surface area (Å²) in [6.07, 6.45) is 3.05. The number of nitro benzene ring substituents is 1. The molecule has 0 unspecified atom stereocenters. The molecule has 1 aliphatic heterocycles. The maximum absolute atomic E-state index is 12.1. The summed E-state index contributed by atoms with van der Waals surface area (Å²) in [4.78, 5) is 22.3. The molecular weight excluding hydrogens is 317 g/mol. The van der Waals surface area contributed by atoms with Crippen LogP contribution in [0.3, 0.4) is 0 Å². The van der Waals surface area contributed by atoms with Crippen LogP contribution in [0.2, 0.25) is 10.0 Å². The zero-order valence-corrected chi connectivity index (χ0v) is 12.7. The van der Waals surface area contributed by atoms with E-state index in [1.54, 1.807) is 0 Å². The van der Waals surface area contributed by atoms with Gasteiger partial charge in [0.15, 0.2) is 0 Å². The normalized spacial score (nSPS) is 17.7. The number of amides is 1. The highest BCUT2D eigenvalue weighted by Gasteiger charge is 2.20. The largest absolute Gasteiger partial charge is 0.352 e. The molecule has 114 valence electrons. The molecule has 0 spiro atoms. The Balaban J connectivity index is 2.02. The minimum atomic E-state index is -0.610. The molecular formula is C13H15Cl2N3O3. The average Bonchev–Trinajstić information content (AvgIpc) is 2.94. The van der Waals surface area contributed by atoms with Gasteiger partial charge in [0.1, 0.15) is 0 Å². The molecule has 2 N–H and O–H groups in total. The Morgan fingerprint density at radius 1 is 1.48 bits per heavy atom. The van der Waals surface area contributed by atoms with Crippen molar-refractivity contribution in [2.75, 3.05) is 13.1 Å². The van der Waals surface area contributed by atoms with Crippen LogP contribution < -0.4 is 10.6 Å². The molecule has 1 aromatic carbocycles. The first-order valence-corrected chi connectivity index (χ1v) is 7.39. The molecule has 2 rings (SSSR count). The van der Waals surface area contributed by atoms with Crippen molar-refractivity contribution in [1.29, 1.82) is 0 Å². The van der Waals surface area contributed by atoms with Gasteiger partial charge in [-0.3, -0.25) is 14.9 Å². The molecule has 1 atom stereocenters. The zero-order valence-electron chi connectivity index (χ0n) is 11.2. The minimum Gasteiger partial charge on any atom is -0.352 e. The Morgan fingerprint density at radius 2 is 2.24 bits per heavy atom. The smallest absolute Gasteiger partial charge is 0.271 e. The summed E-state index contributed by atoms with van der Waals surface area (Å²) in [5, 5.41) is 16.9. The topological polar surface area (TPSA) is 84.3 Å². The van der Waals surface area contributed by atoms with Crippen molar-refractivity contribution in [3.8, 4) is 0 Å². The molecule has 8 heteroatoms. The van der Waals surface area contributed by atoms with Crippen molar-refractivity contribution in [3.63, 3.8) is 0 Å². The van der Waals surface area contributed by atoms with Gasteiger partial charge in [0, 0.05) is 24.7 Å². The Hall–Kier alpha value is -1.37. The molecule has 1 saturated heterocycles. The molecule has 0 aliphatic carbocycles. The number of hydrogen-bond acceptors (Lipinski definition) is 4. The van der Waals surface area contributed by atoms with Crippen LogP contribution in [-0.4, -0.2) is 30.0 Å². The van der Waals surface area contributed by atoms with Crippen LogP contribution in [0.1, 0.15) is 29.6 Å². The van der Waals surface area contributed by atoms with Gasteiger partial charge in [0.05, 0.1) is 20.5 Å². The molecule has 21 heavy (non-hydrogen) atoms. The van der Waals surface area contributed by atoms with Crippen LogP contribution in [0.15, 0.2) is 12.1 Å². The predicted molar refractivity (Wildman–Crippen MR) is 81.1 cm³/mol. The molecule has 1 amide bonds. The molecule has 0 saturated carbocycles. The molecule has 1 aliphatic rings. The third kappa shape index (κ3) is 4.06. The Bertz CT molecular complexity index is 560. The van der Waals surface area contributed by atoms with Gasteiger partial charge in [-0.15, -0.1) is 0 Å². The van der Waals surface area contributed by atoms with Crippen molar-refractivity contribution in [1.82, 2.24) is 10.6 Å². The van der Waals surface area contributed by atoms with Crippen LogP contribution in [0.4, 0.5) is 5.69 Å². The van der Waals surface area contributed by atoms with E-state index in [9.17, 15) is 14.9 Å². The second-order valence-electron chi connectivity index (χ2n) is 4.88. The second-order valence-corrected chi connectivity index (χ2v) is 5.67. The number of rotatable bonds is 5. The number of carbonyl (C=O) groups is 1. The zero-order chi connectivity index (χ0) is 15.4. The van der Waals surface area contributed by atoms with E-state index in [2.05, 4.69) is 10.6 Å². The van der Waals surface area contributed by atoms with Crippen LogP contribution in [-0.2, 0) is 0 Å². The number of nitro groups is 1. The van der Waals surface area contributed by atoms with Gasteiger partial charge >= 0.3 is 0 Å². The fraction of sp³-hybridized carbons (Fsp3) is 0.462. The van der Waals surface area contributed by atoms with E-state index < -0.39 is 10.8 Å². The number of carbonyl (C=O) groups excluding carboxylic acids is 1. The van der Waals surface area contributed by atoms with Crippen molar-refractivity contribution in [3.05, 3.63) is 37.9 Å². The second kappa shape index (κ2) is 7.06. The Morgan fingerprint density at radius 3 is 2.86 bits per heavy atom. The third-order valence-electron chi connectivity index (χ3n) is 3.41. The number of benzene rings is 1. The molecule has 0 bridgehead atoms. The number of nitrogens with one attached hydrogen (secondary N) is 2. The highest BCUT2D eigenvalue weighted by atomic mass is 35.5. The summed E-state index contributed by atoms with van der Waals surface area (Å²) in [5.41, 5.74) is -0.234.